The first-order valence-corrected chi connectivity index (χ1v) is 7.28. The molecule has 0 aliphatic carbocycles. The van der Waals surface area contributed by atoms with Gasteiger partial charge >= 0.3 is 6.18 Å². The molecule has 6 nitrogen and oxygen atoms in total. The number of fused-ring (bicyclic) bond motifs is 1. The summed E-state index contributed by atoms with van der Waals surface area (Å²) in [5, 5.41) is 5.30. The number of oxime groups is 1. The molecular formula is C15H16F3N3O3. The van der Waals surface area contributed by atoms with E-state index in [1.54, 1.807) is 34.5 Å². The molecule has 0 radical (unpaired) electrons. The smallest absolute Gasteiger partial charge is 0.385 e. The van der Waals surface area contributed by atoms with E-state index in [0.29, 0.717) is 17.8 Å². The number of nitrogens with one attached hydrogen (secondary N) is 1. The normalized spacial score (nSPS) is 15.6. The fraction of sp³-hybridized carbons (Fsp3) is 0.400. The number of carbonyl (C=O) groups excluding carboxylic acids is 2. The molecular weight excluding hydrogens is 327 g/mol. The van der Waals surface area contributed by atoms with Crippen LogP contribution in [0.1, 0.15) is 18.9 Å². The maximum Gasteiger partial charge on any atom is 0.405 e. The molecule has 2 amide bonds. The maximum absolute atomic E-state index is 12.4. The molecule has 0 spiro atoms. The van der Waals surface area contributed by atoms with Gasteiger partial charge in [-0.1, -0.05) is 30.3 Å². The number of nitrogens with zero attached hydrogens (tertiary/aromatic N) is 2. The predicted molar refractivity (Wildman–Crippen MR) is 80.6 cm³/mol. The average Bonchev–Trinajstić information content (AvgIpc) is 2.78. The summed E-state index contributed by atoms with van der Waals surface area (Å²) in [7, 11) is 0. The maximum atomic E-state index is 12.4. The Labute approximate surface area is 136 Å². The highest BCUT2D eigenvalue weighted by Crippen LogP contribution is 2.29. The Bertz CT molecular complexity index is 659. The number of carbonyl (C=O) groups is 2. The van der Waals surface area contributed by atoms with Gasteiger partial charge in [-0.2, -0.15) is 13.2 Å². The second kappa shape index (κ2) is 7.33. The largest absolute Gasteiger partial charge is 0.405 e. The van der Waals surface area contributed by atoms with Gasteiger partial charge in [0.05, 0.1) is 5.69 Å². The molecule has 0 unspecified atom stereocenters. The van der Waals surface area contributed by atoms with Crippen molar-refractivity contribution in [2.24, 2.45) is 5.16 Å². The van der Waals surface area contributed by atoms with Crippen LogP contribution < -0.4 is 10.2 Å². The Hall–Kier alpha value is -2.58. The highest BCUT2D eigenvalue weighted by Gasteiger charge is 2.34. The average molecular weight is 343 g/mol. The molecule has 0 aromatic heterocycles. The fourth-order valence-corrected chi connectivity index (χ4v) is 2.20. The van der Waals surface area contributed by atoms with E-state index in [1.165, 1.54) is 0 Å². The second-order valence-corrected chi connectivity index (χ2v) is 5.08. The van der Waals surface area contributed by atoms with E-state index in [0.717, 1.165) is 6.42 Å². The van der Waals surface area contributed by atoms with Crippen molar-refractivity contribution in [1.82, 2.24) is 5.32 Å². The number of benzene rings is 1. The van der Waals surface area contributed by atoms with Crippen molar-refractivity contribution in [2.75, 3.05) is 24.6 Å². The van der Waals surface area contributed by atoms with Crippen LogP contribution in [-0.2, 0) is 14.4 Å². The molecule has 2 rings (SSSR count). The highest BCUT2D eigenvalue weighted by atomic mass is 19.4. The van der Waals surface area contributed by atoms with Gasteiger partial charge in [-0.25, -0.2) is 0 Å². The number of para-hydroxylation sites is 1. The van der Waals surface area contributed by atoms with Crippen molar-refractivity contribution < 1.29 is 27.6 Å². The summed E-state index contributed by atoms with van der Waals surface area (Å²) < 4.78 is 35.9. The minimum atomic E-state index is -4.50. The van der Waals surface area contributed by atoms with E-state index < -0.39 is 25.2 Å². The Kier molecular flexibility index (Phi) is 5.42. The third-order valence-corrected chi connectivity index (χ3v) is 3.18. The van der Waals surface area contributed by atoms with Gasteiger partial charge in [0, 0.05) is 12.1 Å². The van der Waals surface area contributed by atoms with Crippen molar-refractivity contribution in [3.63, 3.8) is 0 Å². The minimum Gasteiger partial charge on any atom is -0.385 e. The van der Waals surface area contributed by atoms with E-state index >= 15 is 0 Å². The summed E-state index contributed by atoms with van der Waals surface area (Å²) in [6.45, 7) is 0.272. The SMILES string of the molecule is CCCN1C(=O)/C(=N/OCC(=O)NCC(F)(F)F)c2ccccc21. The number of hydrogen-bond acceptors (Lipinski definition) is 4. The van der Waals surface area contributed by atoms with E-state index in [2.05, 4.69) is 5.16 Å². The van der Waals surface area contributed by atoms with Gasteiger partial charge in [0.25, 0.3) is 11.8 Å². The van der Waals surface area contributed by atoms with E-state index in [4.69, 9.17) is 4.84 Å². The quantitative estimate of drug-likeness (QED) is 0.801. The van der Waals surface area contributed by atoms with Crippen LogP contribution in [0.5, 0.6) is 0 Å². The van der Waals surface area contributed by atoms with Crippen LogP contribution in [0.25, 0.3) is 0 Å². The molecule has 0 saturated carbocycles. The summed E-state index contributed by atoms with van der Waals surface area (Å²) in [6.07, 6.45) is -3.75. The number of alkyl halides is 3. The Balaban J connectivity index is 2.02. The second-order valence-electron chi connectivity index (χ2n) is 5.08. The first-order valence-electron chi connectivity index (χ1n) is 7.28. The van der Waals surface area contributed by atoms with Gasteiger partial charge in [-0.15, -0.1) is 0 Å². The Morgan fingerprint density at radius 3 is 2.71 bits per heavy atom. The zero-order valence-corrected chi connectivity index (χ0v) is 12.9. The van der Waals surface area contributed by atoms with Crippen molar-refractivity contribution in [3.05, 3.63) is 29.8 Å². The molecule has 0 atom stereocenters. The summed E-state index contributed by atoms with van der Waals surface area (Å²) in [5.74, 6) is -1.34. The molecule has 24 heavy (non-hydrogen) atoms. The van der Waals surface area contributed by atoms with Crippen molar-refractivity contribution in [1.29, 1.82) is 0 Å². The molecule has 1 aliphatic heterocycles. The zero-order chi connectivity index (χ0) is 17.7. The molecule has 1 heterocycles. The predicted octanol–water partition coefficient (Wildman–Crippen LogP) is 1.84. The van der Waals surface area contributed by atoms with Gasteiger partial charge in [0.2, 0.25) is 0 Å². The van der Waals surface area contributed by atoms with Crippen LogP contribution in [0.3, 0.4) is 0 Å². The van der Waals surface area contributed by atoms with E-state index in [9.17, 15) is 22.8 Å². The fourth-order valence-electron chi connectivity index (χ4n) is 2.20. The summed E-state index contributed by atoms with van der Waals surface area (Å²) in [5.41, 5.74) is 1.28. The number of anilines is 1. The van der Waals surface area contributed by atoms with Crippen LogP contribution in [0.4, 0.5) is 18.9 Å². The van der Waals surface area contributed by atoms with Gasteiger partial charge in [0.1, 0.15) is 6.54 Å². The van der Waals surface area contributed by atoms with Crippen molar-refractivity contribution in [2.45, 2.75) is 19.5 Å². The van der Waals surface area contributed by atoms with E-state index in [-0.39, 0.29) is 11.6 Å². The molecule has 0 fully saturated rings. The van der Waals surface area contributed by atoms with Crippen molar-refractivity contribution in [3.8, 4) is 0 Å². The molecule has 1 aliphatic rings. The number of amides is 2. The van der Waals surface area contributed by atoms with Crippen molar-refractivity contribution >= 4 is 23.2 Å². The van der Waals surface area contributed by atoms with Gasteiger partial charge in [-0.05, 0) is 12.5 Å². The Morgan fingerprint density at radius 1 is 1.33 bits per heavy atom. The molecule has 1 aromatic carbocycles. The van der Waals surface area contributed by atoms with Crippen LogP contribution >= 0.6 is 0 Å². The minimum absolute atomic E-state index is 0.0303. The molecule has 1 N–H and O–H groups in total. The highest BCUT2D eigenvalue weighted by molar-refractivity contribution is 6.54. The molecule has 9 heteroatoms. The van der Waals surface area contributed by atoms with E-state index in [1.807, 2.05) is 6.92 Å². The topological polar surface area (TPSA) is 71.0 Å². The monoisotopic (exact) mass is 343 g/mol. The lowest BCUT2D eigenvalue weighted by Crippen LogP contribution is -2.35. The zero-order valence-electron chi connectivity index (χ0n) is 12.9. The van der Waals surface area contributed by atoms with Gasteiger partial charge < -0.3 is 15.1 Å². The molecule has 1 aromatic rings. The number of halogens is 3. The third kappa shape index (κ3) is 4.24. The lowest BCUT2D eigenvalue weighted by Gasteiger charge is -2.14. The van der Waals surface area contributed by atoms with Crippen LogP contribution in [0.15, 0.2) is 29.4 Å². The first-order chi connectivity index (χ1) is 11.3. The molecule has 0 bridgehead atoms. The Morgan fingerprint density at radius 2 is 2.04 bits per heavy atom. The molecule has 0 saturated heterocycles. The standard InChI is InChI=1S/C15H16F3N3O3/c1-2-7-21-11-6-4-3-5-10(11)13(14(21)23)20-24-8-12(22)19-9-15(16,17)18/h3-6H,2,7-9H2,1H3,(H,19,22)/b20-13+. The third-order valence-electron chi connectivity index (χ3n) is 3.18. The lowest BCUT2D eigenvalue weighted by atomic mass is 10.1. The summed E-state index contributed by atoms with van der Waals surface area (Å²) in [6, 6.07) is 6.96. The number of rotatable bonds is 6. The lowest BCUT2D eigenvalue weighted by molar-refractivity contribution is -0.141. The molecule has 130 valence electrons. The van der Waals surface area contributed by atoms with Gasteiger partial charge in [0.15, 0.2) is 12.3 Å². The van der Waals surface area contributed by atoms with Gasteiger partial charge in [-0.3, -0.25) is 9.59 Å². The summed E-state index contributed by atoms with van der Waals surface area (Å²) in [4.78, 5) is 29.9. The first kappa shape index (κ1) is 17.8. The van der Waals surface area contributed by atoms with Crippen LogP contribution in [0.2, 0.25) is 0 Å². The van der Waals surface area contributed by atoms with Crippen LogP contribution in [-0.4, -0.2) is 43.4 Å². The van der Waals surface area contributed by atoms with Crippen LogP contribution in [0, 0.1) is 0 Å². The summed E-state index contributed by atoms with van der Waals surface area (Å²) >= 11 is 0. The number of hydrogen-bond donors (Lipinski definition) is 1.